The zero-order valence-corrected chi connectivity index (χ0v) is 13.3. The Balaban J connectivity index is 1.64. The molecule has 0 fully saturated rings. The molecule has 23 heavy (non-hydrogen) atoms. The van der Waals surface area contributed by atoms with Gasteiger partial charge in [0.1, 0.15) is 0 Å². The van der Waals surface area contributed by atoms with E-state index in [1.54, 1.807) is 0 Å². The van der Waals surface area contributed by atoms with Crippen LogP contribution in [0.3, 0.4) is 0 Å². The van der Waals surface area contributed by atoms with Crippen LogP contribution in [0.15, 0.2) is 54.9 Å². The predicted octanol–water partition coefficient (Wildman–Crippen LogP) is 3.94. The van der Waals surface area contributed by atoms with Crippen molar-refractivity contribution in [1.82, 2.24) is 14.9 Å². The Bertz CT molecular complexity index is 808. The van der Waals surface area contributed by atoms with Crippen molar-refractivity contribution in [3.05, 3.63) is 60.4 Å². The topological polar surface area (TPSA) is 59.0 Å². The van der Waals surface area contributed by atoms with Crippen molar-refractivity contribution in [2.24, 2.45) is 0 Å². The molecule has 5 nitrogen and oxygen atoms in total. The van der Waals surface area contributed by atoms with Gasteiger partial charge in [-0.05, 0) is 43.7 Å². The van der Waals surface area contributed by atoms with Crippen molar-refractivity contribution in [2.75, 3.05) is 5.32 Å². The van der Waals surface area contributed by atoms with Crippen LogP contribution < -0.4 is 10.6 Å². The molecule has 0 aliphatic carbocycles. The molecule has 0 atom stereocenters. The molecule has 3 aromatic rings. The van der Waals surface area contributed by atoms with E-state index in [2.05, 4.69) is 40.1 Å². The molecule has 0 aliphatic rings. The van der Waals surface area contributed by atoms with Gasteiger partial charge in [0, 0.05) is 18.3 Å². The molecule has 5 heteroatoms. The lowest BCUT2D eigenvalue weighted by Crippen LogP contribution is -2.28. The molecule has 2 aromatic carbocycles. The van der Waals surface area contributed by atoms with E-state index in [1.165, 1.54) is 0 Å². The zero-order valence-electron chi connectivity index (χ0n) is 13.3. The van der Waals surface area contributed by atoms with Gasteiger partial charge < -0.3 is 15.2 Å². The number of para-hydroxylation sites is 1. The highest BCUT2D eigenvalue weighted by molar-refractivity contribution is 5.89. The van der Waals surface area contributed by atoms with Gasteiger partial charge in [-0.25, -0.2) is 9.78 Å². The van der Waals surface area contributed by atoms with Gasteiger partial charge in [-0.15, -0.1) is 0 Å². The molecule has 0 radical (unpaired) electrons. The van der Waals surface area contributed by atoms with Crippen molar-refractivity contribution >= 4 is 22.8 Å². The fourth-order valence-electron chi connectivity index (χ4n) is 2.48. The monoisotopic (exact) mass is 308 g/mol. The van der Waals surface area contributed by atoms with E-state index in [1.807, 2.05) is 48.8 Å². The highest BCUT2D eigenvalue weighted by Crippen LogP contribution is 2.18. The summed E-state index contributed by atoms with van der Waals surface area (Å²) in [4.78, 5) is 16.3. The molecule has 2 amide bonds. The Morgan fingerprint density at radius 2 is 1.96 bits per heavy atom. The lowest BCUT2D eigenvalue weighted by Gasteiger charge is -2.09. The van der Waals surface area contributed by atoms with Crippen LogP contribution in [0.1, 0.15) is 25.5 Å². The van der Waals surface area contributed by atoms with Crippen LogP contribution in [0, 0.1) is 0 Å². The molecule has 1 heterocycles. The predicted molar refractivity (Wildman–Crippen MR) is 92.4 cm³/mol. The lowest BCUT2D eigenvalue weighted by molar-refractivity contribution is 0.251. The number of aromatic nitrogens is 2. The van der Waals surface area contributed by atoms with Crippen molar-refractivity contribution < 1.29 is 4.79 Å². The summed E-state index contributed by atoms with van der Waals surface area (Å²) in [6.07, 6.45) is 1.86. The van der Waals surface area contributed by atoms with Crippen LogP contribution in [0.2, 0.25) is 0 Å². The van der Waals surface area contributed by atoms with Gasteiger partial charge in [0.15, 0.2) is 0 Å². The standard InChI is InChI=1S/C18H20N4O/c1-13(2)22-12-20-16-10-14(8-9-17(16)22)11-19-18(23)21-15-6-4-3-5-7-15/h3-10,12-13H,11H2,1-2H3,(H2,19,21,23). The molecular weight excluding hydrogens is 288 g/mol. The van der Waals surface area contributed by atoms with E-state index >= 15 is 0 Å². The second-order valence-corrected chi connectivity index (χ2v) is 5.74. The summed E-state index contributed by atoms with van der Waals surface area (Å²) in [6, 6.07) is 15.6. The largest absolute Gasteiger partial charge is 0.334 e. The molecule has 118 valence electrons. The number of hydrogen-bond acceptors (Lipinski definition) is 2. The second kappa shape index (κ2) is 6.52. The van der Waals surface area contributed by atoms with Crippen LogP contribution in [0.5, 0.6) is 0 Å². The number of nitrogens with zero attached hydrogens (tertiary/aromatic N) is 2. The van der Waals surface area contributed by atoms with E-state index in [0.717, 1.165) is 22.3 Å². The summed E-state index contributed by atoms with van der Waals surface area (Å²) in [6.45, 7) is 4.72. The van der Waals surface area contributed by atoms with E-state index in [4.69, 9.17) is 0 Å². The summed E-state index contributed by atoms with van der Waals surface area (Å²) in [7, 11) is 0. The van der Waals surface area contributed by atoms with Crippen LogP contribution in [0.25, 0.3) is 11.0 Å². The Morgan fingerprint density at radius 1 is 1.17 bits per heavy atom. The molecular formula is C18H20N4O. The summed E-state index contributed by atoms with van der Waals surface area (Å²) in [5, 5.41) is 5.66. The third-order valence-corrected chi connectivity index (χ3v) is 3.68. The molecule has 0 unspecified atom stereocenters. The van der Waals surface area contributed by atoms with Crippen molar-refractivity contribution in [2.45, 2.75) is 26.4 Å². The maximum absolute atomic E-state index is 11.9. The molecule has 0 saturated heterocycles. The molecule has 2 N–H and O–H groups in total. The summed E-state index contributed by atoms with van der Waals surface area (Å²) >= 11 is 0. The van der Waals surface area contributed by atoms with E-state index in [-0.39, 0.29) is 6.03 Å². The smallest absolute Gasteiger partial charge is 0.319 e. The number of benzene rings is 2. The highest BCUT2D eigenvalue weighted by atomic mass is 16.2. The molecule has 1 aromatic heterocycles. The number of nitrogens with one attached hydrogen (secondary N) is 2. The minimum atomic E-state index is -0.219. The number of anilines is 1. The third-order valence-electron chi connectivity index (χ3n) is 3.68. The maximum atomic E-state index is 11.9. The fraction of sp³-hybridized carbons (Fsp3) is 0.222. The first-order valence-corrected chi connectivity index (χ1v) is 7.69. The van der Waals surface area contributed by atoms with Gasteiger partial charge in [0.25, 0.3) is 0 Å². The number of hydrogen-bond donors (Lipinski definition) is 2. The lowest BCUT2D eigenvalue weighted by atomic mass is 10.2. The van der Waals surface area contributed by atoms with Crippen LogP contribution >= 0.6 is 0 Å². The fourth-order valence-corrected chi connectivity index (χ4v) is 2.48. The Kier molecular flexibility index (Phi) is 4.28. The number of rotatable bonds is 4. The Morgan fingerprint density at radius 3 is 2.70 bits per heavy atom. The minimum absolute atomic E-state index is 0.219. The first kappa shape index (κ1) is 15.1. The quantitative estimate of drug-likeness (QED) is 0.767. The average molecular weight is 308 g/mol. The number of fused-ring (bicyclic) bond motifs is 1. The van der Waals surface area contributed by atoms with Crippen LogP contribution in [-0.4, -0.2) is 15.6 Å². The average Bonchev–Trinajstić information content (AvgIpc) is 2.97. The van der Waals surface area contributed by atoms with E-state index in [0.29, 0.717) is 12.6 Å². The van der Waals surface area contributed by atoms with Crippen molar-refractivity contribution in [1.29, 1.82) is 0 Å². The molecule has 0 spiro atoms. The van der Waals surface area contributed by atoms with Gasteiger partial charge >= 0.3 is 6.03 Å². The maximum Gasteiger partial charge on any atom is 0.319 e. The highest BCUT2D eigenvalue weighted by Gasteiger charge is 2.07. The Labute approximate surface area is 135 Å². The van der Waals surface area contributed by atoms with Crippen molar-refractivity contribution in [3.8, 4) is 0 Å². The first-order valence-electron chi connectivity index (χ1n) is 7.69. The van der Waals surface area contributed by atoms with Crippen molar-refractivity contribution in [3.63, 3.8) is 0 Å². The summed E-state index contributed by atoms with van der Waals surface area (Å²) in [5.41, 5.74) is 3.85. The third kappa shape index (κ3) is 3.51. The number of carbonyl (C=O) groups is 1. The molecule has 0 saturated carbocycles. The molecule has 0 bridgehead atoms. The SMILES string of the molecule is CC(C)n1cnc2cc(CNC(=O)Nc3ccccc3)ccc21. The van der Waals surface area contributed by atoms with Gasteiger partial charge in [-0.2, -0.15) is 0 Å². The van der Waals surface area contributed by atoms with E-state index in [9.17, 15) is 4.79 Å². The zero-order chi connectivity index (χ0) is 16.2. The minimum Gasteiger partial charge on any atom is -0.334 e. The molecule has 0 aliphatic heterocycles. The van der Waals surface area contributed by atoms with Crippen LogP contribution in [-0.2, 0) is 6.54 Å². The second-order valence-electron chi connectivity index (χ2n) is 5.74. The number of carbonyl (C=O) groups excluding carboxylic acids is 1. The number of imidazole rings is 1. The summed E-state index contributed by atoms with van der Waals surface area (Å²) in [5.74, 6) is 0. The van der Waals surface area contributed by atoms with E-state index < -0.39 is 0 Å². The van der Waals surface area contributed by atoms with Gasteiger partial charge in [0.2, 0.25) is 0 Å². The first-order chi connectivity index (χ1) is 11.1. The molecule has 3 rings (SSSR count). The number of urea groups is 1. The van der Waals surface area contributed by atoms with Crippen LogP contribution in [0.4, 0.5) is 10.5 Å². The normalized spacial score (nSPS) is 10.9. The van der Waals surface area contributed by atoms with Gasteiger partial charge in [0.05, 0.1) is 17.4 Å². The Hall–Kier alpha value is -2.82. The van der Waals surface area contributed by atoms with Gasteiger partial charge in [-0.3, -0.25) is 0 Å². The summed E-state index contributed by atoms with van der Waals surface area (Å²) < 4.78 is 2.13. The van der Waals surface area contributed by atoms with Gasteiger partial charge in [-0.1, -0.05) is 24.3 Å². The number of amides is 2.